The van der Waals surface area contributed by atoms with E-state index in [0.29, 0.717) is 0 Å². The molecule has 0 saturated carbocycles. The Balaban J connectivity index is 2.64. The first-order chi connectivity index (χ1) is 6.09. The third-order valence-electron chi connectivity index (χ3n) is 1.10. The van der Waals surface area contributed by atoms with Gasteiger partial charge in [0.15, 0.2) is 16.5 Å². The number of carbonyl (C=O) groups is 1. The Hall–Kier alpha value is -1.57. The Kier molecular flexibility index (Phi) is 2.85. The average molecular weight is 205 g/mol. The molecule has 7 nitrogen and oxygen atoms in total. The molecule has 3 N–H and O–H groups in total. The number of anilines is 1. The molecule has 1 amide bonds. The lowest BCUT2D eigenvalue weighted by Crippen LogP contribution is -2.11. The number of primary amides is 1. The highest BCUT2D eigenvalue weighted by Gasteiger charge is 2.08. The summed E-state index contributed by atoms with van der Waals surface area (Å²) in [5.41, 5.74) is 4.84. The first-order valence-electron chi connectivity index (χ1n) is 3.20. The van der Waals surface area contributed by atoms with E-state index in [4.69, 9.17) is 5.73 Å². The van der Waals surface area contributed by atoms with Gasteiger partial charge < -0.3 is 15.5 Å². The maximum absolute atomic E-state index is 10.5. The van der Waals surface area contributed by atoms with Crippen LogP contribution in [0.1, 0.15) is 10.7 Å². The van der Waals surface area contributed by atoms with E-state index >= 15 is 0 Å². The lowest BCUT2D eigenvalue weighted by atomic mass is 10.6. The van der Waals surface area contributed by atoms with E-state index in [1.807, 2.05) is 0 Å². The van der Waals surface area contributed by atoms with Crippen LogP contribution in [0.3, 0.4) is 0 Å². The van der Waals surface area contributed by atoms with Crippen molar-refractivity contribution < 1.29 is 17.6 Å². The van der Waals surface area contributed by atoms with E-state index in [9.17, 15) is 13.2 Å². The number of amides is 1. The third kappa shape index (κ3) is 2.75. The molecule has 1 rings (SSSR count). The van der Waals surface area contributed by atoms with Gasteiger partial charge in [-0.1, -0.05) is 0 Å². The number of rotatable bonds is 4. The van der Waals surface area contributed by atoms with E-state index in [1.165, 1.54) is 0 Å². The topological polar surface area (TPSA) is 115 Å². The van der Waals surface area contributed by atoms with Gasteiger partial charge in [0.05, 0.1) is 0 Å². The first kappa shape index (κ1) is 9.52. The maximum atomic E-state index is 10.5. The molecule has 0 bridgehead atoms. The highest BCUT2D eigenvalue weighted by atomic mass is 32.2. The second-order valence-corrected chi connectivity index (χ2v) is 3.05. The number of nitrogens with one attached hydrogen (secondary N) is 1. The molecular weight excluding hydrogens is 198 g/mol. The number of thiol groups is 1. The van der Waals surface area contributed by atoms with E-state index in [0.717, 1.165) is 6.26 Å². The molecule has 13 heavy (non-hydrogen) atoms. The molecule has 1 heterocycles. The molecule has 72 valence electrons. The second kappa shape index (κ2) is 3.90. The molecule has 0 saturated heterocycles. The van der Waals surface area contributed by atoms with E-state index < -0.39 is 16.6 Å². The van der Waals surface area contributed by atoms with Crippen molar-refractivity contribution in [3.05, 3.63) is 12.2 Å². The predicted molar refractivity (Wildman–Crippen MR) is 43.8 cm³/mol. The molecular formula is C5H7N3O4S. The van der Waals surface area contributed by atoms with Crippen molar-refractivity contribution in [1.82, 2.24) is 4.98 Å². The number of nitrogens with two attached hydrogens (primary N) is 1. The average Bonchev–Trinajstić information content (AvgIpc) is 2.48. The molecule has 0 aliphatic carbocycles. The summed E-state index contributed by atoms with van der Waals surface area (Å²) in [4.78, 5) is 14.0. The normalized spacial score (nSPS) is 10.2. The summed E-state index contributed by atoms with van der Waals surface area (Å²) in [7, 11) is -2.54. The van der Waals surface area contributed by atoms with Crippen LogP contribution >= 0.6 is 0 Å². The third-order valence-corrected chi connectivity index (χ3v) is 1.52. The van der Waals surface area contributed by atoms with Crippen LogP contribution in [0.5, 0.6) is 0 Å². The highest BCUT2D eigenvalue weighted by Crippen LogP contribution is 2.05. The Labute approximate surface area is 74.9 Å². The fourth-order valence-corrected chi connectivity index (χ4v) is 0.905. The van der Waals surface area contributed by atoms with Gasteiger partial charge in [-0.2, -0.15) is 4.98 Å². The van der Waals surface area contributed by atoms with Crippen molar-refractivity contribution in [2.24, 2.45) is 5.73 Å². The van der Waals surface area contributed by atoms with Crippen LogP contribution in [0, 0.1) is 0 Å². The van der Waals surface area contributed by atoms with Crippen LogP contribution in [0.15, 0.2) is 10.7 Å². The van der Waals surface area contributed by atoms with Crippen molar-refractivity contribution in [1.29, 1.82) is 0 Å². The Morgan fingerprint density at radius 1 is 1.69 bits per heavy atom. The number of carbonyl (C=O) groups excluding carboxylic acids is 1. The smallest absolute Gasteiger partial charge is 0.304 e. The Morgan fingerprint density at radius 3 is 2.85 bits per heavy atom. The van der Waals surface area contributed by atoms with E-state index in [1.54, 1.807) is 0 Å². The number of hydrogen-bond donors (Lipinski definition) is 3. The first-order valence-corrected chi connectivity index (χ1v) is 4.57. The van der Waals surface area contributed by atoms with Gasteiger partial charge in [-0.25, -0.2) is 8.42 Å². The minimum Gasteiger partial charge on any atom is -0.439 e. The number of oxazole rings is 1. The maximum Gasteiger partial charge on any atom is 0.304 e. The van der Waals surface area contributed by atoms with E-state index in [2.05, 4.69) is 14.7 Å². The molecule has 0 fully saturated rings. The molecule has 0 aromatic carbocycles. The Bertz CT molecular complexity index is 375. The van der Waals surface area contributed by atoms with Crippen LogP contribution in [0.25, 0.3) is 0 Å². The van der Waals surface area contributed by atoms with Crippen molar-refractivity contribution in [2.75, 3.05) is 11.2 Å². The molecule has 0 radical (unpaired) electrons. The quantitative estimate of drug-likeness (QED) is 0.529. The van der Waals surface area contributed by atoms with Crippen LogP contribution in [-0.4, -0.2) is 25.2 Å². The molecule has 0 unspecified atom stereocenters. The van der Waals surface area contributed by atoms with Gasteiger partial charge in [-0.15, -0.1) is 0 Å². The van der Waals surface area contributed by atoms with Gasteiger partial charge >= 0.3 is 5.91 Å². The van der Waals surface area contributed by atoms with Gasteiger partial charge in [0.1, 0.15) is 12.1 Å². The van der Waals surface area contributed by atoms with Crippen LogP contribution in [-0.2, 0) is 10.7 Å². The number of aromatic nitrogens is 1. The van der Waals surface area contributed by atoms with E-state index in [-0.39, 0.29) is 17.6 Å². The zero-order valence-corrected chi connectivity index (χ0v) is 7.28. The molecule has 8 heteroatoms. The van der Waals surface area contributed by atoms with Crippen molar-refractivity contribution >= 4 is 22.4 Å². The Morgan fingerprint density at radius 2 is 2.38 bits per heavy atom. The monoisotopic (exact) mass is 205 g/mol. The number of hydrogen-bond acceptors (Lipinski definition) is 6. The SMILES string of the molecule is NC(=O)c1nc(NC[SH](=O)=O)co1. The fourth-order valence-electron chi connectivity index (χ4n) is 0.614. The second-order valence-electron chi connectivity index (χ2n) is 2.07. The largest absolute Gasteiger partial charge is 0.439 e. The predicted octanol–water partition coefficient (Wildman–Crippen LogP) is -1.25. The van der Waals surface area contributed by atoms with Gasteiger partial charge in [-0.05, 0) is 0 Å². The summed E-state index contributed by atoms with van der Waals surface area (Å²) in [6.07, 6.45) is 1.11. The summed E-state index contributed by atoms with van der Waals surface area (Å²) in [6, 6.07) is 0. The standard InChI is InChI=1S/C5H7N3O4S/c6-4(9)5-8-3(1-12-5)7-2-13(10)11/h1,7,13H,2H2,(H2,6,9). The minimum absolute atomic E-state index is 0.160. The van der Waals surface area contributed by atoms with Crippen LogP contribution in [0.2, 0.25) is 0 Å². The fraction of sp³-hybridized carbons (Fsp3) is 0.200. The van der Waals surface area contributed by atoms with Crippen LogP contribution in [0.4, 0.5) is 5.82 Å². The van der Waals surface area contributed by atoms with Gasteiger partial charge in [-0.3, -0.25) is 4.79 Å². The lowest BCUT2D eigenvalue weighted by molar-refractivity contribution is 0.0967. The molecule has 1 aromatic heterocycles. The lowest BCUT2D eigenvalue weighted by Gasteiger charge is -1.91. The summed E-state index contributed by atoms with van der Waals surface area (Å²) in [6.45, 7) is 0. The highest BCUT2D eigenvalue weighted by molar-refractivity contribution is 7.72. The zero-order chi connectivity index (χ0) is 9.84. The zero-order valence-electron chi connectivity index (χ0n) is 6.39. The summed E-state index contributed by atoms with van der Waals surface area (Å²) in [5, 5.41) is 2.41. The molecule has 1 aromatic rings. The molecule has 0 aliphatic rings. The van der Waals surface area contributed by atoms with Crippen molar-refractivity contribution in [3.63, 3.8) is 0 Å². The summed E-state index contributed by atoms with van der Waals surface area (Å²) < 4.78 is 24.9. The number of nitrogens with zero attached hydrogens (tertiary/aromatic N) is 1. The van der Waals surface area contributed by atoms with Gasteiger partial charge in [0, 0.05) is 0 Å². The minimum atomic E-state index is -2.54. The van der Waals surface area contributed by atoms with Gasteiger partial charge in [0.25, 0.3) is 5.89 Å². The van der Waals surface area contributed by atoms with Crippen LogP contribution < -0.4 is 11.1 Å². The summed E-state index contributed by atoms with van der Waals surface area (Å²) in [5.74, 6) is -1.17. The molecule has 0 atom stereocenters. The molecule has 0 aliphatic heterocycles. The summed E-state index contributed by atoms with van der Waals surface area (Å²) >= 11 is 0. The molecule has 0 spiro atoms. The van der Waals surface area contributed by atoms with Gasteiger partial charge in [0.2, 0.25) is 0 Å². The van der Waals surface area contributed by atoms with Crippen molar-refractivity contribution in [3.8, 4) is 0 Å². The van der Waals surface area contributed by atoms with Crippen molar-refractivity contribution in [2.45, 2.75) is 0 Å².